The molecule has 2 N–H and O–H groups in total. The molecule has 0 aliphatic heterocycles. The van der Waals surface area contributed by atoms with E-state index in [0.717, 1.165) is 25.7 Å². The molecular formula is C9H17NO. The number of nitrogens with two attached hydrogens (primary N) is 1. The number of ketones is 1. The van der Waals surface area contributed by atoms with Gasteiger partial charge in [-0.05, 0) is 12.8 Å². The molecule has 0 aromatic rings. The Hall–Kier alpha value is -0.370. The van der Waals surface area contributed by atoms with E-state index in [1.54, 1.807) is 0 Å². The molecule has 1 fully saturated rings. The lowest BCUT2D eigenvalue weighted by atomic mass is 9.79. The van der Waals surface area contributed by atoms with Crippen LogP contribution in [-0.2, 0) is 4.79 Å². The number of carbonyl (C=O) groups is 1. The summed E-state index contributed by atoms with van der Waals surface area (Å²) < 4.78 is 0. The zero-order valence-corrected chi connectivity index (χ0v) is 7.23. The molecule has 2 heteroatoms. The van der Waals surface area contributed by atoms with Crippen molar-refractivity contribution in [2.24, 2.45) is 5.73 Å². The Morgan fingerprint density at radius 3 is 2.36 bits per heavy atom. The maximum absolute atomic E-state index is 11.4. The molecular weight excluding hydrogens is 138 g/mol. The van der Waals surface area contributed by atoms with E-state index in [1.807, 2.05) is 6.92 Å². The molecule has 0 saturated heterocycles. The molecule has 1 aliphatic carbocycles. The van der Waals surface area contributed by atoms with Gasteiger partial charge in [0.2, 0.25) is 0 Å². The summed E-state index contributed by atoms with van der Waals surface area (Å²) in [6.07, 6.45) is 5.90. The minimum absolute atomic E-state index is 0.247. The molecule has 0 unspecified atom stereocenters. The van der Waals surface area contributed by atoms with Gasteiger partial charge in [-0.3, -0.25) is 4.79 Å². The first-order valence-corrected chi connectivity index (χ1v) is 4.51. The summed E-state index contributed by atoms with van der Waals surface area (Å²) in [7, 11) is 0. The molecule has 0 aromatic heterocycles. The molecule has 64 valence electrons. The molecule has 1 rings (SSSR count). The van der Waals surface area contributed by atoms with E-state index in [1.165, 1.54) is 6.42 Å². The van der Waals surface area contributed by atoms with Crippen LogP contribution >= 0.6 is 0 Å². The number of rotatable bonds is 2. The van der Waals surface area contributed by atoms with Crippen LogP contribution in [0.5, 0.6) is 0 Å². The van der Waals surface area contributed by atoms with Gasteiger partial charge in [-0.25, -0.2) is 0 Å². The van der Waals surface area contributed by atoms with Crippen LogP contribution in [0.4, 0.5) is 0 Å². The highest BCUT2D eigenvalue weighted by Crippen LogP contribution is 2.27. The maximum Gasteiger partial charge on any atom is 0.152 e. The fraction of sp³-hybridized carbons (Fsp3) is 0.889. The third-order valence-corrected chi connectivity index (χ3v) is 2.62. The Bertz CT molecular complexity index is 148. The lowest BCUT2D eigenvalue weighted by Gasteiger charge is -2.31. The highest BCUT2D eigenvalue weighted by atomic mass is 16.1. The second kappa shape index (κ2) is 3.35. The topological polar surface area (TPSA) is 43.1 Å². The minimum Gasteiger partial charge on any atom is -0.319 e. The summed E-state index contributed by atoms with van der Waals surface area (Å²) in [6, 6.07) is 0. The highest BCUT2D eigenvalue weighted by molar-refractivity contribution is 5.87. The van der Waals surface area contributed by atoms with Gasteiger partial charge in [0.25, 0.3) is 0 Å². The summed E-state index contributed by atoms with van der Waals surface area (Å²) >= 11 is 0. The molecule has 0 spiro atoms. The first-order valence-electron chi connectivity index (χ1n) is 4.51. The Kier molecular flexibility index (Phi) is 2.66. The lowest BCUT2D eigenvalue weighted by Crippen LogP contribution is -2.48. The summed E-state index contributed by atoms with van der Waals surface area (Å²) in [4.78, 5) is 11.4. The molecule has 0 radical (unpaired) electrons. The standard InChI is InChI=1S/C9H17NO/c1-2-8(11)9(10)6-4-3-5-7-9/h2-7,10H2,1H3. The van der Waals surface area contributed by atoms with Crippen LogP contribution < -0.4 is 5.73 Å². The Labute approximate surface area is 68.2 Å². The SMILES string of the molecule is CCC(=O)C1(N)CCCCC1. The molecule has 11 heavy (non-hydrogen) atoms. The zero-order valence-electron chi connectivity index (χ0n) is 7.23. The molecule has 0 aromatic carbocycles. The minimum atomic E-state index is -0.451. The fourth-order valence-corrected chi connectivity index (χ4v) is 1.81. The molecule has 0 atom stereocenters. The Balaban J connectivity index is 2.56. The van der Waals surface area contributed by atoms with Gasteiger partial charge < -0.3 is 5.73 Å². The van der Waals surface area contributed by atoms with Gasteiger partial charge in [-0.1, -0.05) is 26.2 Å². The molecule has 1 saturated carbocycles. The van der Waals surface area contributed by atoms with Crippen LogP contribution in [0.2, 0.25) is 0 Å². The van der Waals surface area contributed by atoms with Crippen LogP contribution in [0.25, 0.3) is 0 Å². The van der Waals surface area contributed by atoms with Crippen molar-refractivity contribution >= 4 is 5.78 Å². The number of hydrogen-bond acceptors (Lipinski definition) is 2. The fourth-order valence-electron chi connectivity index (χ4n) is 1.81. The van der Waals surface area contributed by atoms with E-state index < -0.39 is 5.54 Å². The summed E-state index contributed by atoms with van der Waals surface area (Å²) in [5.74, 6) is 0.247. The zero-order chi connectivity index (χ0) is 8.32. The summed E-state index contributed by atoms with van der Waals surface area (Å²) in [5, 5.41) is 0. The lowest BCUT2D eigenvalue weighted by molar-refractivity contribution is -0.125. The predicted octanol–water partition coefficient (Wildman–Crippen LogP) is 1.63. The molecule has 2 nitrogen and oxygen atoms in total. The van der Waals surface area contributed by atoms with Gasteiger partial charge in [0.1, 0.15) is 0 Å². The predicted molar refractivity (Wildman–Crippen MR) is 45.3 cm³/mol. The van der Waals surface area contributed by atoms with Crippen LogP contribution in [0.15, 0.2) is 0 Å². The van der Waals surface area contributed by atoms with E-state index >= 15 is 0 Å². The van der Waals surface area contributed by atoms with Gasteiger partial charge in [0.15, 0.2) is 5.78 Å². The molecule has 0 heterocycles. The van der Waals surface area contributed by atoms with Crippen LogP contribution in [0.1, 0.15) is 45.4 Å². The van der Waals surface area contributed by atoms with Crippen molar-refractivity contribution in [3.8, 4) is 0 Å². The summed E-state index contributed by atoms with van der Waals surface area (Å²) in [6.45, 7) is 1.89. The van der Waals surface area contributed by atoms with Gasteiger partial charge >= 0.3 is 0 Å². The Morgan fingerprint density at radius 2 is 1.91 bits per heavy atom. The third kappa shape index (κ3) is 1.80. The first-order chi connectivity index (χ1) is 5.19. The number of Topliss-reactive ketones (excluding diaryl/α,β-unsaturated/α-hetero) is 1. The van der Waals surface area contributed by atoms with Crippen molar-refractivity contribution in [3.63, 3.8) is 0 Å². The average Bonchev–Trinajstić information content (AvgIpc) is 2.04. The molecule has 1 aliphatic rings. The van der Waals surface area contributed by atoms with Crippen LogP contribution in [-0.4, -0.2) is 11.3 Å². The van der Waals surface area contributed by atoms with Gasteiger partial charge in [-0.2, -0.15) is 0 Å². The number of hydrogen-bond donors (Lipinski definition) is 1. The van der Waals surface area contributed by atoms with Crippen LogP contribution in [0, 0.1) is 0 Å². The van der Waals surface area contributed by atoms with Gasteiger partial charge in [0, 0.05) is 6.42 Å². The average molecular weight is 155 g/mol. The van der Waals surface area contributed by atoms with Crippen molar-refractivity contribution in [2.45, 2.75) is 51.0 Å². The van der Waals surface area contributed by atoms with E-state index in [-0.39, 0.29) is 5.78 Å². The second-order valence-electron chi connectivity index (χ2n) is 3.49. The van der Waals surface area contributed by atoms with E-state index in [2.05, 4.69) is 0 Å². The maximum atomic E-state index is 11.4. The molecule has 0 bridgehead atoms. The highest BCUT2D eigenvalue weighted by Gasteiger charge is 2.33. The van der Waals surface area contributed by atoms with E-state index in [9.17, 15) is 4.79 Å². The van der Waals surface area contributed by atoms with Gasteiger partial charge in [0.05, 0.1) is 5.54 Å². The van der Waals surface area contributed by atoms with Gasteiger partial charge in [-0.15, -0.1) is 0 Å². The first kappa shape index (κ1) is 8.72. The summed E-state index contributed by atoms with van der Waals surface area (Å²) in [5.41, 5.74) is 5.51. The largest absolute Gasteiger partial charge is 0.319 e. The van der Waals surface area contributed by atoms with Crippen molar-refractivity contribution in [2.75, 3.05) is 0 Å². The van der Waals surface area contributed by atoms with Crippen molar-refractivity contribution in [3.05, 3.63) is 0 Å². The normalized spacial score (nSPS) is 23.1. The quantitative estimate of drug-likeness (QED) is 0.658. The monoisotopic (exact) mass is 155 g/mol. The Morgan fingerprint density at radius 1 is 1.36 bits per heavy atom. The van der Waals surface area contributed by atoms with E-state index in [4.69, 9.17) is 5.73 Å². The van der Waals surface area contributed by atoms with E-state index in [0.29, 0.717) is 6.42 Å². The van der Waals surface area contributed by atoms with Crippen molar-refractivity contribution in [1.29, 1.82) is 0 Å². The molecule has 0 amide bonds. The van der Waals surface area contributed by atoms with Crippen molar-refractivity contribution in [1.82, 2.24) is 0 Å². The smallest absolute Gasteiger partial charge is 0.152 e. The third-order valence-electron chi connectivity index (χ3n) is 2.62. The van der Waals surface area contributed by atoms with Crippen molar-refractivity contribution < 1.29 is 4.79 Å². The second-order valence-corrected chi connectivity index (χ2v) is 3.49. The van der Waals surface area contributed by atoms with Crippen LogP contribution in [0.3, 0.4) is 0 Å². The number of carbonyl (C=O) groups excluding carboxylic acids is 1.